The van der Waals surface area contributed by atoms with Crippen molar-refractivity contribution in [1.29, 1.82) is 0 Å². The fraction of sp³-hybridized carbons (Fsp3) is 0.462. The van der Waals surface area contributed by atoms with E-state index in [1.807, 2.05) is 0 Å². The molecule has 2 N–H and O–H groups in total. The van der Waals surface area contributed by atoms with Gasteiger partial charge in [-0.05, 0) is 5.56 Å². The van der Waals surface area contributed by atoms with Crippen LogP contribution in [-0.2, 0) is 16.1 Å². The Morgan fingerprint density at radius 2 is 1.95 bits per heavy atom. The molecular formula is C13H16F3N3O3. The normalized spacial score (nSPS) is 10.9. The molecule has 0 saturated heterocycles. The Morgan fingerprint density at radius 3 is 2.50 bits per heavy atom. The van der Waals surface area contributed by atoms with E-state index in [1.54, 1.807) is 6.92 Å². The van der Waals surface area contributed by atoms with E-state index in [0.717, 1.165) is 0 Å². The SMILES string of the molecule is CCC(=O)NCC(=O)NCc1ccc(OCC(F)(F)F)nc1. The molecular weight excluding hydrogens is 303 g/mol. The molecule has 0 aliphatic carbocycles. The van der Waals surface area contributed by atoms with E-state index >= 15 is 0 Å². The number of pyridine rings is 1. The Bertz CT molecular complexity index is 503. The molecule has 0 fully saturated rings. The van der Waals surface area contributed by atoms with Crippen LogP contribution < -0.4 is 15.4 Å². The van der Waals surface area contributed by atoms with Crippen LogP contribution in [0.3, 0.4) is 0 Å². The summed E-state index contributed by atoms with van der Waals surface area (Å²) in [6.45, 7) is 0.273. The summed E-state index contributed by atoms with van der Waals surface area (Å²) < 4.78 is 40.3. The standard InChI is InChI=1S/C13H16F3N3O3/c1-2-10(20)18-7-11(21)17-5-9-3-4-12(19-6-9)22-8-13(14,15)16/h3-4,6H,2,5,7-8H2,1H3,(H,17,21)(H,18,20). The lowest BCUT2D eigenvalue weighted by molar-refractivity contribution is -0.154. The molecule has 6 nitrogen and oxygen atoms in total. The summed E-state index contributed by atoms with van der Waals surface area (Å²) in [4.78, 5) is 26.1. The number of hydrogen-bond acceptors (Lipinski definition) is 4. The van der Waals surface area contributed by atoms with Gasteiger partial charge in [0.05, 0.1) is 6.54 Å². The molecule has 1 heterocycles. The lowest BCUT2D eigenvalue weighted by atomic mass is 10.3. The zero-order valence-corrected chi connectivity index (χ0v) is 11.9. The van der Waals surface area contributed by atoms with Crippen LogP contribution in [0.15, 0.2) is 18.3 Å². The van der Waals surface area contributed by atoms with Crippen LogP contribution in [0.1, 0.15) is 18.9 Å². The number of ether oxygens (including phenoxy) is 1. The number of carbonyl (C=O) groups excluding carboxylic acids is 2. The maximum Gasteiger partial charge on any atom is 0.422 e. The van der Waals surface area contributed by atoms with Crippen molar-refractivity contribution in [3.05, 3.63) is 23.9 Å². The number of amides is 2. The van der Waals surface area contributed by atoms with Crippen molar-refractivity contribution in [2.75, 3.05) is 13.2 Å². The fourth-order valence-electron chi connectivity index (χ4n) is 1.32. The fourth-order valence-corrected chi connectivity index (χ4v) is 1.32. The molecule has 0 atom stereocenters. The molecule has 9 heteroatoms. The molecule has 0 bridgehead atoms. The minimum atomic E-state index is -4.42. The van der Waals surface area contributed by atoms with E-state index in [9.17, 15) is 22.8 Å². The lowest BCUT2D eigenvalue weighted by Crippen LogP contribution is -2.36. The van der Waals surface area contributed by atoms with Crippen molar-refractivity contribution in [3.63, 3.8) is 0 Å². The number of hydrogen-bond donors (Lipinski definition) is 2. The molecule has 1 rings (SSSR count). The van der Waals surface area contributed by atoms with Gasteiger partial charge < -0.3 is 15.4 Å². The van der Waals surface area contributed by atoms with Crippen LogP contribution in [0.2, 0.25) is 0 Å². The third kappa shape index (κ3) is 7.46. The Labute approximate surface area is 125 Å². The Kier molecular flexibility index (Phi) is 6.61. The maximum absolute atomic E-state index is 12.0. The van der Waals surface area contributed by atoms with Gasteiger partial charge in [-0.3, -0.25) is 9.59 Å². The molecule has 0 saturated carbocycles. The number of halogens is 3. The number of nitrogens with one attached hydrogen (secondary N) is 2. The van der Waals surface area contributed by atoms with E-state index in [0.29, 0.717) is 5.56 Å². The van der Waals surface area contributed by atoms with Gasteiger partial charge in [-0.25, -0.2) is 4.98 Å². The predicted octanol–water partition coefficient (Wildman–Crippen LogP) is 1.17. The van der Waals surface area contributed by atoms with Crippen LogP contribution in [0, 0.1) is 0 Å². The highest BCUT2D eigenvalue weighted by atomic mass is 19.4. The van der Waals surface area contributed by atoms with Crippen molar-refractivity contribution < 1.29 is 27.5 Å². The Hall–Kier alpha value is -2.32. The Morgan fingerprint density at radius 1 is 1.23 bits per heavy atom. The molecule has 1 aromatic heterocycles. The first-order chi connectivity index (χ1) is 10.3. The second-order valence-electron chi connectivity index (χ2n) is 4.32. The van der Waals surface area contributed by atoms with Gasteiger partial charge >= 0.3 is 6.18 Å². The summed E-state index contributed by atoms with van der Waals surface area (Å²) in [6.07, 6.45) is -2.83. The van der Waals surface area contributed by atoms with Gasteiger partial charge in [0.2, 0.25) is 17.7 Å². The van der Waals surface area contributed by atoms with Gasteiger partial charge in [0.1, 0.15) is 0 Å². The number of nitrogens with zero attached hydrogens (tertiary/aromatic N) is 1. The van der Waals surface area contributed by atoms with E-state index < -0.39 is 12.8 Å². The number of carbonyl (C=O) groups is 2. The molecule has 0 spiro atoms. The highest BCUT2D eigenvalue weighted by Gasteiger charge is 2.28. The van der Waals surface area contributed by atoms with Crippen LogP contribution in [0.4, 0.5) is 13.2 Å². The van der Waals surface area contributed by atoms with E-state index in [4.69, 9.17) is 0 Å². The molecule has 122 valence electrons. The van der Waals surface area contributed by atoms with Crippen molar-refractivity contribution >= 4 is 11.8 Å². The topological polar surface area (TPSA) is 80.3 Å². The van der Waals surface area contributed by atoms with Gasteiger partial charge in [0, 0.05) is 25.2 Å². The van der Waals surface area contributed by atoms with Crippen molar-refractivity contribution in [2.24, 2.45) is 0 Å². The minimum absolute atomic E-state index is 0.132. The largest absolute Gasteiger partial charge is 0.468 e. The van der Waals surface area contributed by atoms with Crippen LogP contribution >= 0.6 is 0 Å². The second kappa shape index (κ2) is 8.20. The molecule has 0 unspecified atom stereocenters. The molecule has 0 aliphatic heterocycles. The van der Waals surface area contributed by atoms with E-state index in [2.05, 4.69) is 20.4 Å². The molecule has 0 aromatic carbocycles. The third-order valence-corrected chi connectivity index (χ3v) is 2.44. The summed E-state index contributed by atoms with van der Waals surface area (Å²) >= 11 is 0. The summed E-state index contributed by atoms with van der Waals surface area (Å²) in [5, 5.41) is 4.95. The summed E-state index contributed by atoms with van der Waals surface area (Å²) in [6, 6.07) is 2.77. The zero-order valence-electron chi connectivity index (χ0n) is 11.9. The van der Waals surface area contributed by atoms with Crippen molar-refractivity contribution in [3.8, 4) is 5.88 Å². The first-order valence-electron chi connectivity index (χ1n) is 6.48. The van der Waals surface area contributed by atoms with Gasteiger partial charge in [-0.15, -0.1) is 0 Å². The number of aromatic nitrogens is 1. The average Bonchev–Trinajstić information content (AvgIpc) is 2.48. The van der Waals surface area contributed by atoms with Gasteiger partial charge in [0.15, 0.2) is 6.61 Å². The summed E-state index contributed by atoms with van der Waals surface area (Å²) in [5.74, 6) is -0.759. The zero-order chi connectivity index (χ0) is 16.6. The van der Waals surface area contributed by atoms with Crippen molar-refractivity contribution in [1.82, 2.24) is 15.6 Å². The van der Waals surface area contributed by atoms with Crippen LogP contribution in [0.25, 0.3) is 0 Å². The molecule has 0 radical (unpaired) electrons. The quantitative estimate of drug-likeness (QED) is 0.790. The monoisotopic (exact) mass is 319 g/mol. The van der Waals surface area contributed by atoms with Gasteiger partial charge in [-0.1, -0.05) is 13.0 Å². The van der Waals surface area contributed by atoms with E-state index in [-0.39, 0.29) is 37.2 Å². The third-order valence-electron chi connectivity index (χ3n) is 2.44. The van der Waals surface area contributed by atoms with Gasteiger partial charge in [0.25, 0.3) is 0 Å². The van der Waals surface area contributed by atoms with Gasteiger partial charge in [-0.2, -0.15) is 13.2 Å². The maximum atomic E-state index is 12.0. The number of rotatable bonds is 7. The molecule has 1 aromatic rings. The minimum Gasteiger partial charge on any atom is -0.468 e. The van der Waals surface area contributed by atoms with Crippen LogP contribution in [-0.4, -0.2) is 36.1 Å². The van der Waals surface area contributed by atoms with Crippen molar-refractivity contribution in [2.45, 2.75) is 26.1 Å². The molecule has 0 aliphatic rings. The highest BCUT2D eigenvalue weighted by Crippen LogP contribution is 2.16. The second-order valence-corrected chi connectivity index (χ2v) is 4.32. The first kappa shape index (κ1) is 17.7. The van der Waals surface area contributed by atoms with E-state index in [1.165, 1.54) is 18.3 Å². The molecule has 22 heavy (non-hydrogen) atoms. The lowest BCUT2D eigenvalue weighted by Gasteiger charge is -2.09. The number of alkyl halides is 3. The first-order valence-corrected chi connectivity index (χ1v) is 6.48. The summed E-state index contributed by atoms with van der Waals surface area (Å²) in [7, 11) is 0. The predicted molar refractivity (Wildman–Crippen MR) is 70.9 cm³/mol. The Balaban J connectivity index is 2.35. The highest BCUT2D eigenvalue weighted by molar-refractivity contribution is 5.84. The average molecular weight is 319 g/mol. The smallest absolute Gasteiger partial charge is 0.422 e. The van der Waals surface area contributed by atoms with Crippen LogP contribution in [0.5, 0.6) is 5.88 Å². The summed E-state index contributed by atoms with van der Waals surface area (Å²) in [5.41, 5.74) is 0.592. The molecule has 2 amide bonds.